The molecule has 2 N–H and O–H groups in total. The predicted molar refractivity (Wildman–Crippen MR) is 99.2 cm³/mol. The van der Waals surface area contributed by atoms with Crippen molar-refractivity contribution >= 4 is 23.3 Å². The molecule has 0 aliphatic carbocycles. The molecule has 2 aromatic carbocycles. The average Bonchev–Trinajstić information content (AvgIpc) is 2.58. The van der Waals surface area contributed by atoms with Crippen molar-refractivity contribution in [3.63, 3.8) is 0 Å². The lowest BCUT2D eigenvalue weighted by atomic mass is 10.1. The highest BCUT2D eigenvalue weighted by molar-refractivity contribution is 5.98. The zero-order valence-corrected chi connectivity index (χ0v) is 14.9. The van der Waals surface area contributed by atoms with Crippen LogP contribution in [-0.2, 0) is 4.79 Å². The zero-order valence-electron chi connectivity index (χ0n) is 14.9. The summed E-state index contributed by atoms with van der Waals surface area (Å²) in [6.07, 6.45) is 0. The summed E-state index contributed by atoms with van der Waals surface area (Å²) in [6, 6.07) is 12.5. The average molecular weight is 341 g/mol. The quantitative estimate of drug-likeness (QED) is 0.875. The first-order valence-corrected chi connectivity index (χ1v) is 7.93. The van der Waals surface area contributed by atoms with E-state index in [-0.39, 0.29) is 18.5 Å². The molecule has 6 nitrogen and oxygen atoms in total. The van der Waals surface area contributed by atoms with Gasteiger partial charge in [0.1, 0.15) is 12.3 Å². The third kappa shape index (κ3) is 4.73. The van der Waals surface area contributed by atoms with Crippen LogP contribution in [0.3, 0.4) is 0 Å². The topological polar surface area (TPSA) is 70.7 Å². The van der Waals surface area contributed by atoms with Crippen molar-refractivity contribution in [2.75, 3.05) is 31.3 Å². The van der Waals surface area contributed by atoms with Gasteiger partial charge in [0.15, 0.2) is 0 Å². The van der Waals surface area contributed by atoms with Gasteiger partial charge in [-0.15, -0.1) is 0 Å². The number of likely N-dealkylation sites (N-methyl/N-ethyl adjacent to an activating group) is 1. The van der Waals surface area contributed by atoms with Crippen molar-refractivity contribution in [1.29, 1.82) is 0 Å². The van der Waals surface area contributed by atoms with Gasteiger partial charge in [-0.2, -0.15) is 0 Å². The Kier molecular flexibility index (Phi) is 6.00. The smallest absolute Gasteiger partial charge is 0.322 e. The number of rotatable bonds is 5. The molecule has 2 aromatic rings. The molecule has 0 aliphatic heterocycles. The third-order valence-corrected chi connectivity index (χ3v) is 3.82. The van der Waals surface area contributed by atoms with Crippen molar-refractivity contribution in [3.05, 3.63) is 53.6 Å². The number of nitrogens with one attached hydrogen (secondary N) is 2. The molecule has 0 bridgehead atoms. The van der Waals surface area contributed by atoms with Crippen LogP contribution in [0.5, 0.6) is 5.75 Å². The number of aryl methyl sites for hydroxylation is 2. The number of methoxy groups -OCH3 is 1. The number of anilines is 2. The second-order valence-corrected chi connectivity index (χ2v) is 5.80. The summed E-state index contributed by atoms with van der Waals surface area (Å²) in [5.74, 6) is 0.305. The number of carbonyl (C=O) groups is 2. The number of carbonyl (C=O) groups excluding carboxylic acids is 2. The molecule has 6 heteroatoms. The minimum Gasteiger partial charge on any atom is -0.495 e. The second-order valence-electron chi connectivity index (χ2n) is 5.80. The van der Waals surface area contributed by atoms with E-state index in [1.165, 1.54) is 12.0 Å². The molecule has 0 unspecified atom stereocenters. The monoisotopic (exact) mass is 341 g/mol. The Bertz CT molecular complexity index is 754. The Balaban J connectivity index is 1.97. The van der Waals surface area contributed by atoms with E-state index in [9.17, 15) is 9.59 Å². The first kappa shape index (κ1) is 18.3. The van der Waals surface area contributed by atoms with Gasteiger partial charge >= 0.3 is 6.03 Å². The molecular weight excluding hydrogens is 318 g/mol. The van der Waals surface area contributed by atoms with E-state index >= 15 is 0 Å². The normalized spacial score (nSPS) is 10.1. The summed E-state index contributed by atoms with van der Waals surface area (Å²) < 4.78 is 5.20. The molecule has 132 valence electrons. The van der Waals surface area contributed by atoms with Crippen LogP contribution in [0.1, 0.15) is 11.1 Å². The van der Waals surface area contributed by atoms with Crippen molar-refractivity contribution in [2.24, 2.45) is 0 Å². The number of ether oxygens (including phenoxy) is 1. The number of nitrogens with zero attached hydrogens (tertiary/aromatic N) is 1. The SMILES string of the molecule is COc1ccccc1NC(=O)N(C)CC(=O)Nc1c(C)cccc1C. The first-order valence-electron chi connectivity index (χ1n) is 7.93. The Morgan fingerprint density at radius 1 is 1.00 bits per heavy atom. The molecule has 0 aromatic heterocycles. The summed E-state index contributed by atoms with van der Waals surface area (Å²) in [4.78, 5) is 25.8. The zero-order chi connectivity index (χ0) is 18.4. The largest absolute Gasteiger partial charge is 0.495 e. The predicted octanol–water partition coefficient (Wildman–Crippen LogP) is 3.41. The van der Waals surface area contributed by atoms with E-state index in [0.29, 0.717) is 11.4 Å². The highest BCUT2D eigenvalue weighted by atomic mass is 16.5. The maximum atomic E-state index is 12.3. The van der Waals surface area contributed by atoms with Gasteiger partial charge in [-0.25, -0.2) is 4.79 Å². The van der Waals surface area contributed by atoms with E-state index < -0.39 is 0 Å². The number of para-hydroxylation sites is 3. The molecule has 0 saturated heterocycles. The Labute approximate surface area is 147 Å². The summed E-state index contributed by atoms with van der Waals surface area (Å²) in [5, 5.41) is 5.60. The van der Waals surface area contributed by atoms with E-state index in [1.807, 2.05) is 38.1 Å². The van der Waals surface area contributed by atoms with E-state index in [4.69, 9.17) is 4.74 Å². The Morgan fingerprint density at radius 2 is 1.64 bits per heavy atom. The van der Waals surface area contributed by atoms with Crippen LogP contribution in [0, 0.1) is 13.8 Å². The van der Waals surface area contributed by atoms with Gasteiger partial charge in [-0.3, -0.25) is 4.79 Å². The van der Waals surface area contributed by atoms with Gasteiger partial charge in [-0.05, 0) is 37.1 Å². The van der Waals surface area contributed by atoms with Gasteiger partial charge in [0.2, 0.25) is 5.91 Å². The molecule has 2 rings (SSSR count). The highest BCUT2D eigenvalue weighted by Gasteiger charge is 2.15. The molecule has 3 amide bonds. The molecule has 0 atom stereocenters. The Morgan fingerprint density at radius 3 is 2.28 bits per heavy atom. The van der Waals surface area contributed by atoms with Gasteiger partial charge in [0.25, 0.3) is 0 Å². The summed E-state index contributed by atoms with van der Waals surface area (Å²) in [6.45, 7) is 3.80. The lowest BCUT2D eigenvalue weighted by Gasteiger charge is -2.19. The van der Waals surface area contributed by atoms with Crippen LogP contribution in [0.4, 0.5) is 16.2 Å². The van der Waals surface area contributed by atoms with Crippen molar-refractivity contribution in [1.82, 2.24) is 4.90 Å². The lowest BCUT2D eigenvalue weighted by Crippen LogP contribution is -2.37. The van der Waals surface area contributed by atoms with Gasteiger partial charge < -0.3 is 20.3 Å². The standard InChI is InChI=1S/C19H23N3O3/c1-13-8-7-9-14(2)18(13)21-17(23)12-22(3)19(24)20-15-10-5-6-11-16(15)25-4/h5-11H,12H2,1-4H3,(H,20,24)(H,21,23). The summed E-state index contributed by atoms with van der Waals surface area (Å²) in [7, 11) is 3.10. The van der Waals surface area contributed by atoms with Gasteiger partial charge in [0, 0.05) is 12.7 Å². The molecule has 0 fully saturated rings. The lowest BCUT2D eigenvalue weighted by molar-refractivity contribution is -0.116. The third-order valence-electron chi connectivity index (χ3n) is 3.82. The number of hydrogen-bond donors (Lipinski definition) is 2. The maximum absolute atomic E-state index is 12.3. The van der Waals surface area contributed by atoms with Crippen LogP contribution >= 0.6 is 0 Å². The number of amides is 3. The molecule has 0 heterocycles. The van der Waals surface area contributed by atoms with E-state index in [2.05, 4.69) is 10.6 Å². The fraction of sp³-hybridized carbons (Fsp3) is 0.263. The fourth-order valence-electron chi connectivity index (χ4n) is 2.44. The highest BCUT2D eigenvalue weighted by Crippen LogP contribution is 2.23. The van der Waals surface area contributed by atoms with Crippen LogP contribution in [0.15, 0.2) is 42.5 Å². The summed E-state index contributed by atoms with van der Waals surface area (Å²) in [5.41, 5.74) is 3.30. The van der Waals surface area contributed by atoms with Crippen LogP contribution in [0.25, 0.3) is 0 Å². The summed E-state index contributed by atoms with van der Waals surface area (Å²) >= 11 is 0. The molecular formula is C19H23N3O3. The molecule has 0 saturated carbocycles. The number of urea groups is 1. The van der Waals surface area contributed by atoms with Crippen LogP contribution in [0.2, 0.25) is 0 Å². The fourth-order valence-corrected chi connectivity index (χ4v) is 2.44. The first-order chi connectivity index (χ1) is 11.9. The minimum absolute atomic E-state index is 0.0608. The maximum Gasteiger partial charge on any atom is 0.322 e. The molecule has 0 spiro atoms. The minimum atomic E-state index is -0.388. The molecule has 25 heavy (non-hydrogen) atoms. The second kappa shape index (κ2) is 8.19. The van der Waals surface area contributed by atoms with Gasteiger partial charge in [-0.1, -0.05) is 30.3 Å². The van der Waals surface area contributed by atoms with E-state index in [1.54, 1.807) is 25.2 Å². The van der Waals surface area contributed by atoms with Crippen molar-refractivity contribution < 1.29 is 14.3 Å². The van der Waals surface area contributed by atoms with Crippen LogP contribution < -0.4 is 15.4 Å². The van der Waals surface area contributed by atoms with Crippen molar-refractivity contribution in [3.8, 4) is 5.75 Å². The van der Waals surface area contributed by atoms with Crippen molar-refractivity contribution in [2.45, 2.75) is 13.8 Å². The van der Waals surface area contributed by atoms with Crippen LogP contribution in [-0.4, -0.2) is 37.5 Å². The number of hydrogen-bond acceptors (Lipinski definition) is 3. The Hall–Kier alpha value is -3.02. The van der Waals surface area contributed by atoms with Gasteiger partial charge in [0.05, 0.1) is 12.8 Å². The van der Waals surface area contributed by atoms with E-state index in [0.717, 1.165) is 16.8 Å². The number of benzene rings is 2. The molecule has 0 radical (unpaired) electrons. The molecule has 0 aliphatic rings.